The van der Waals surface area contributed by atoms with Crippen LogP contribution < -0.4 is 19.5 Å². The fraction of sp³-hybridized carbons (Fsp3) is 0.214. The van der Waals surface area contributed by atoms with Gasteiger partial charge in [0.1, 0.15) is 5.15 Å². The molecule has 0 radical (unpaired) electrons. The average molecular weight is 293 g/mol. The summed E-state index contributed by atoms with van der Waals surface area (Å²) in [6, 6.07) is 7.47. The Bertz CT molecular complexity index is 617. The molecule has 0 fully saturated rings. The van der Waals surface area contributed by atoms with Gasteiger partial charge in [-0.1, -0.05) is 11.6 Å². The zero-order chi connectivity index (χ0) is 13.9. The van der Waals surface area contributed by atoms with Crippen LogP contribution in [0.15, 0.2) is 30.5 Å². The lowest BCUT2D eigenvalue weighted by atomic mass is 10.2. The van der Waals surface area contributed by atoms with Crippen molar-refractivity contribution in [2.75, 3.05) is 19.2 Å². The van der Waals surface area contributed by atoms with Crippen molar-refractivity contribution < 1.29 is 14.2 Å². The predicted octanol–water partition coefficient (Wildman–Crippen LogP) is 3.08. The van der Waals surface area contributed by atoms with Crippen LogP contribution >= 0.6 is 11.6 Å². The van der Waals surface area contributed by atoms with Crippen molar-refractivity contribution in [3.63, 3.8) is 0 Å². The number of nitrogens with one attached hydrogen (secondary N) is 1. The molecule has 6 heteroatoms. The lowest BCUT2D eigenvalue weighted by molar-refractivity contribution is 0.171. The maximum Gasteiger partial charge on any atom is 0.231 e. The molecule has 2 aromatic rings. The maximum atomic E-state index is 5.75. The highest BCUT2D eigenvalue weighted by Gasteiger charge is 2.19. The number of fused-ring (bicyclic) bond motifs is 1. The van der Waals surface area contributed by atoms with E-state index >= 15 is 0 Å². The van der Waals surface area contributed by atoms with Crippen molar-refractivity contribution in [2.24, 2.45) is 0 Å². The van der Waals surface area contributed by atoms with Crippen LogP contribution in [0.25, 0.3) is 0 Å². The molecule has 5 nitrogen and oxygen atoms in total. The van der Waals surface area contributed by atoms with Crippen LogP contribution in [0.2, 0.25) is 5.15 Å². The molecule has 2 heterocycles. The van der Waals surface area contributed by atoms with Crippen LogP contribution in [0.4, 0.5) is 5.69 Å². The van der Waals surface area contributed by atoms with Crippen molar-refractivity contribution in [2.45, 2.75) is 6.54 Å². The third kappa shape index (κ3) is 2.58. The largest absolute Gasteiger partial charge is 0.493 e. The first kappa shape index (κ1) is 12.9. The molecule has 0 bridgehead atoms. The summed E-state index contributed by atoms with van der Waals surface area (Å²) in [5, 5.41) is 3.73. The van der Waals surface area contributed by atoms with Crippen LogP contribution in [-0.4, -0.2) is 18.9 Å². The van der Waals surface area contributed by atoms with E-state index in [0.29, 0.717) is 28.9 Å². The number of methoxy groups -OCH3 is 1. The summed E-state index contributed by atoms with van der Waals surface area (Å²) in [6.45, 7) is 0.847. The smallest absolute Gasteiger partial charge is 0.231 e. The molecule has 0 amide bonds. The topological polar surface area (TPSA) is 52.6 Å². The van der Waals surface area contributed by atoms with Gasteiger partial charge in [0.2, 0.25) is 12.5 Å². The Kier molecular flexibility index (Phi) is 3.52. The molecule has 0 spiro atoms. The van der Waals surface area contributed by atoms with E-state index in [1.165, 1.54) is 0 Å². The molecule has 104 valence electrons. The van der Waals surface area contributed by atoms with Crippen LogP contribution in [0.5, 0.6) is 17.2 Å². The molecule has 1 aromatic heterocycles. The summed E-state index contributed by atoms with van der Waals surface area (Å²) in [4.78, 5) is 4.02. The zero-order valence-corrected chi connectivity index (χ0v) is 11.6. The Balaban J connectivity index is 1.76. The van der Waals surface area contributed by atoms with Gasteiger partial charge in [0.25, 0.3) is 0 Å². The van der Waals surface area contributed by atoms with Crippen molar-refractivity contribution in [3.05, 3.63) is 41.2 Å². The van der Waals surface area contributed by atoms with Gasteiger partial charge in [-0.2, -0.15) is 0 Å². The first-order valence-electron chi connectivity index (χ1n) is 6.08. The Morgan fingerprint density at radius 2 is 2.25 bits per heavy atom. The minimum Gasteiger partial charge on any atom is -0.493 e. The summed E-state index contributed by atoms with van der Waals surface area (Å²) in [5.74, 6) is 2.03. The number of benzene rings is 1. The standard InChI is InChI=1S/C14H13ClN2O3/c1-18-11-4-9(5-12-14(11)20-8-19-12)6-16-10-2-3-13(15)17-7-10/h2-5,7,16H,6,8H2,1H3. The number of ether oxygens (including phenoxy) is 3. The molecule has 1 aliphatic rings. The monoisotopic (exact) mass is 292 g/mol. The highest BCUT2D eigenvalue weighted by molar-refractivity contribution is 6.29. The van der Waals surface area contributed by atoms with Crippen LogP contribution in [0.1, 0.15) is 5.56 Å². The number of hydrogen-bond acceptors (Lipinski definition) is 5. The first-order valence-corrected chi connectivity index (χ1v) is 6.46. The highest BCUT2D eigenvalue weighted by Crippen LogP contribution is 2.41. The summed E-state index contributed by atoms with van der Waals surface area (Å²) < 4.78 is 16.1. The van der Waals surface area contributed by atoms with E-state index in [-0.39, 0.29) is 6.79 Å². The molecule has 1 aromatic carbocycles. The van der Waals surface area contributed by atoms with Gasteiger partial charge in [-0.05, 0) is 29.8 Å². The van der Waals surface area contributed by atoms with Gasteiger partial charge in [0, 0.05) is 6.54 Å². The van der Waals surface area contributed by atoms with Gasteiger partial charge >= 0.3 is 0 Å². The predicted molar refractivity (Wildman–Crippen MR) is 75.7 cm³/mol. The minimum atomic E-state index is 0.226. The van der Waals surface area contributed by atoms with Crippen molar-refractivity contribution in [1.82, 2.24) is 4.98 Å². The highest BCUT2D eigenvalue weighted by atomic mass is 35.5. The number of nitrogens with zero attached hydrogens (tertiary/aromatic N) is 1. The van der Waals surface area contributed by atoms with Crippen LogP contribution in [0, 0.1) is 0 Å². The number of pyridine rings is 1. The molecular weight excluding hydrogens is 280 g/mol. The normalized spacial score (nSPS) is 12.3. The van der Waals surface area contributed by atoms with Crippen molar-refractivity contribution in [3.8, 4) is 17.2 Å². The van der Waals surface area contributed by atoms with Gasteiger partial charge in [-0.3, -0.25) is 0 Å². The fourth-order valence-corrected chi connectivity index (χ4v) is 2.08. The molecular formula is C14H13ClN2O3. The maximum absolute atomic E-state index is 5.75. The van der Waals surface area contributed by atoms with E-state index in [0.717, 1.165) is 11.3 Å². The lowest BCUT2D eigenvalue weighted by Gasteiger charge is -2.10. The Labute approximate surface area is 121 Å². The van der Waals surface area contributed by atoms with Gasteiger partial charge in [0.05, 0.1) is 19.0 Å². The third-order valence-corrected chi connectivity index (χ3v) is 3.17. The summed E-state index contributed by atoms with van der Waals surface area (Å²) in [5.41, 5.74) is 1.92. The third-order valence-electron chi connectivity index (χ3n) is 2.94. The Hall–Kier alpha value is -2.14. The van der Waals surface area contributed by atoms with E-state index in [1.54, 1.807) is 19.4 Å². The number of halogens is 1. The van der Waals surface area contributed by atoms with Crippen LogP contribution in [0.3, 0.4) is 0 Å². The molecule has 0 saturated heterocycles. The molecule has 0 atom stereocenters. The van der Waals surface area contributed by atoms with E-state index in [2.05, 4.69) is 10.3 Å². The van der Waals surface area contributed by atoms with E-state index < -0.39 is 0 Å². The Morgan fingerprint density at radius 3 is 3.00 bits per heavy atom. The molecule has 0 unspecified atom stereocenters. The molecule has 1 N–H and O–H groups in total. The van der Waals surface area contributed by atoms with Gasteiger partial charge in [-0.15, -0.1) is 0 Å². The number of anilines is 1. The fourth-order valence-electron chi connectivity index (χ4n) is 1.97. The Morgan fingerprint density at radius 1 is 1.35 bits per heavy atom. The molecule has 1 aliphatic heterocycles. The second kappa shape index (κ2) is 5.46. The number of hydrogen-bond donors (Lipinski definition) is 1. The second-order valence-corrected chi connectivity index (χ2v) is 4.64. The van der Waals surface area contributed by atoms with E-state index in [4.69, 9.17) is 25.8 Å². The minimum absolute atomic E-state index is 0.226. The summed E-state index contributed by atoms with van der Waals surface area (Å²) in [6.07, 6.45) is 1.69. The first-order chi connectivity index (χ1) is 9.76. The summed E-state index contributed by atoms with van der Waals surface area (Å²) >= 11 is 5.75. The summed E-state index contributed by atoms with van der Waals surface area (Å²) in [7, 11) is 1.61. The second-order valence-electron chi connectivity index (χ2n) is 4.26. The molecule has 0 saturated carbocycles. The van der Waals surface area contributed by atoms with Gasteiger partial charge < -0.3 is 19.5 Å². The molecule has 3 rings (SSSR count). The zero-order valence-electron chi connectivity index (χ0n) is 10.9. The van der Waals surface area contributed by atoms with Crippen LogP contribution in [-0.2, 0) is 6.54 Å². The SMILES string of the molecule is COc1cc(CNc2ccc(Cl)nc2)cc2c1OCO2. The average Bonchev–Trinajstić information content (AvgIpc) is 2.94. The lowest BCUT2D eigenvalue weighted by Crippen LogP contribution is -2.00. The number of rotatable bonds is 4. The van der Waals surface area contributed by atoms with Crippen molar-refractivity contribution >= 4 is 17.3 Å². The van der Waals surface area contributed by atoms with Gasteiger partial charge in [-0.25, -0.2) is 4.98 Å². The van der Waals surface area contributed by atoms with Crippen molar-refractivity contribution in [1.29, 1.82) is 0 Å². The number of aromatic nitrogens is 1. The van der Waals surface area contributed by atoms with E-state index in [9.17, 15) is 0 Å². The van der Waals surface area contributed by atoms with E-state index in [1.807, 2.05) is 18.2 Å². The van der Waals surface area contributed by atoms with Gasteiger partial charge in [0.15, 0.2) is 11.5 Å². The molecule has 20 heavy (non-hydrogen) atoms. The molecule has 0 aliphatic carbocycles. The quantitative estimate of drug-likeness (QED) is 0.878.